The van der Waals surface area contributed by atoms with Gasteiger partial charge in [0.15, 0.2) is 0 Å². The molecule has 0 radical (unpaired) electrons. The molecule has 1 N–H and O–H groups in total. The fourth-order valence-corrected chi connectivity index (χ4v) is 5.07. The van der Waals surface area contributed by atoms with E-state index in [2.05, 4.69) is 64.5 Å². The predicted molar refractivity (Wildman–Crippen MR) is 126 cm³/mol. The smallest absolute Gasteiger partial charge is 0.107 e. The summed E-state index contributed by atoms with van der Waals surface area (Å²) >= 11 is 0. The van der Waals surface area contributed by atoms with Crippen LogP contribution in [0.3, 0.4) is 0 Å². The molecule has 4 aromatic rings. The van der Waals surface area contributed by atoms with Gasteiger partial charge in [-0.2, -0.15) is 5.26 Å². The number of nitrogens with one attached hydrogen (secondary N) is 1. The zero-order valence-electron chi connectivity index (χ0n) is 17.7. The number of aromatic nitrogens is 1. The molecule has 3 heteroatoms. The molecule has 0 fully saturated rings. The summed E-state index contributed by atoms with van der Waals surface area (Å²) in [5.74, 6) is 0. The monoisotopic (exact) mass is 405 g/mol. The van der Waals surface area contributed by atoms with Crippen LogP contribution in [0.2, 0.25) is 0 Å². The van der Waals surface area contributed by atoms with Crippen LogP contribution < -0.4 is 0 Å². The lowest BCUT2D eigenvalue weighted by molar-refractivity contribution is 0.245. The number of nitrogens with zero attached hydrogens (tertiary/aromatic N) is 2. The highest BCUT2D eigenvalue weighted by Crippen LogP contribution is 2.36. The molecule has 0 amide bonds. The highest BCUT2D eigenvalue weighted by atomic mass is 15.1. The van der Waals surface area contributed by atoms with Crippen molar-refractivity contribution in [3.8, 4) is 6.07 Å². The van der Waals surface area contributed by atoms with E-state index in [1.807, 2.05) is 36.4 Å². The van der Waals surface area contributed by atoms with Gasteiger partial charge in [0.25, 0.3) is 0 Å². The maximum absolute atomic E-state index is 10.4. The van der Waals surface area contributed by atoms with Crippen LogP contribution in [-0.4, -0.2) is 23.0 Å². The molecule has 5 rings (SSSR count). The molecule has 0 aliphatic carbocycles. The number of para-hydroxylation sites is 1. The van der Waals surface area contributed by atoms with E-state index in [9.17, 15) is 5.26 Å². The van der Waals surface area contributed by atoms with E-state index in [-0.39, 0.29) is 0 Å². The van der Waals surface area contributed by atoms with Crippen LogP contribution >= 0.6 is 0 Å². The first-order valence-corrected chi connectivity index (χ1v) is 11.1. The van der Waals surface area contributed by atoms with Crippen molar-refractivity contribution >= 4 is 10.9 Å². The first kappa shape index (κ1) is 19.6. The van der Waals surface area contributed by atoms with E-state index in [0.717, 1.165) is 50.0 Å². The molecule has 154 valence electrons. The van der Waals surface area contributed by atoms with Crippen LogP contribution in [0.25, 0.3) is 10.9 Å². The van der Waals surface area contributed by atoms with Gasteiger partial charge in [0.05, 0.1) is 6.07 Å². The normalized spacial score (nSPS) is 14.3. The second kappa shape index (κ2) is 8.41. The van der Waals surface area contributed by atoms with Gasteiger partial charge < -0.3 is 4.98 Å². The average molecular weight is 406 g/mol. The van der Waals surface area contributed by atoms with E-state index in [1.165, 1.54) is 22.2 Å². The molecule has 0 saturated heterocycles. The van der Waals surface area contributed by atoms with Gasteiger partial charge in [0.2, 0.25) is 0 Å². The summed E-state index contributed by atoms with van der Waals surface area (Å²) in [5.41, 5.74) is 5.63. The second-order valence-corrected chi connectivity index (χ2v) is 8.51. The Hall–Kier alpha value is -3.35. The number of hydrogen-bond donors (Lipinski definition) is 1. The van der Waals surface area contributed by atoms with E-state index < -0.39 is 5.41 Å². The van der Waals surface area contributed by atoms with Crippen LogP contribution in [-0.2, 0) is 18.4 Å². The minimum Gasteiger partial charge on any atom is -0.358 e. The van der Waals surface area contributed by atoms with Crippen molar-refractivity contribution in [3.05, 3.63) is 107 Å². The molecule has 0 atom stereocenters. The van der Waals surface area contributed by atoms with Gasteiger partial charge in [-0.25, -0.2) is 0 Å². The maximum Gasteiger partial charge on any atom is 0.107 e. The van der Waals surface area contributed by atoms with Crippen molar-refractivity contribution in [3.63, 3.8) is 0 Å². The first-order valence-electron chi connectivity index (χ1n) is 11.1. The van der Waals surface area contributed by atoms with E-state index in [0.29, 0.717) is 0 Å². The van der Waals surface area contributed by atoms with Gasteiger partial charge in [-0.15, -0.1) is 0 Å². The molecule has 1 aliphatic rings. The highest BCUT2D eigenvalue weighted by Gasteiger charge is 2.34. The van der Waals surface area contributed by atoms with Gasteiger partial charge in [0.1, 0.15) is 5.41 Å². The van der Waals surface area contributed by atoms with Crippen LogP contribution in [0.5, 0.6) is 0 Å². The lowest BCUT2D eigenvalue weighted by Gasteiger charge is -2.31. The third-order valence-electron chi connectivity index (χ3n) is 6.71. The van der Waals surface area contributed by atoms with Crippen LogP contribution in [0.15, 0.2) is 84.9 Å². The Morgan fingerprint density at radius 3 is 2.19 bits per heavy atom. The maximum atomic E-state index is 10.4. The summed E-state index contributed by atoms with van der Waals surface area (Å²) in [6.45, 7) is 3.05. The Bertz CT molecular complexity index is 1160. The molecule has 1 aromatic heterocycles. The molecule has 1 aliphatic heterocycles. The van der Waals surface area contributed by atoms with E-state index in [4.69, 9.17) is 0 Å². The highest BCUT2D eigenvalue weighted by molar-refractivity contribution is 5.84. The van der Waals surface area contributed by atoms with Crippen molar-refractivity contribution in [2.75, 3.05) is 13.1 Å². The van der Waals surface area contributed by atoms with Crippen LogP contribution in [0.4, 0.5) is 0 Å². The summed E-state index contributed by atoms with van der Waals surface area (Å²) in [6.07, 6.45) is 2.86. The Balaban J connectivity index is 1.34. The number of H-pyrrole nitrogens is 1. The second-order valence-electron chi connectivity index (χ2n) is 8.51. The molecular formula is C28H27N3. The fraction of sp³-hybridized carbons (Fsp3) is 0.250. The fourth-order valence-electron chi connectivity index (χ4n) is 5.07. The summed E-state index contributed by atoms with van der Waals surface area (Å²) in [4.78, 5) is 6.14. The Morgan fingerprint density at radius 1 is 0.871 bits per heavy atom. The summed E-state index contributed by atoms with van der Waals surface area (Å²) in [7, 11) is 0. The first-order chi connectivity index (χ1) is 15.3. The Kier molecular flexibility index (Phi) is 5.32. The minimum absolute atomic E-state index is 0.607. The van der Waals surface area contributed by atoms with Gasteiger partial charge in [0, 0.05) is 36.1 Å². The molecule has 0 spiro atoms. The number of aromatic amines is 1. The summed E-state index contributed by atoms with van der Waals surface area (Å²) in [6, 6.07) is 31.8. The molecule has 0 unspecified atom stereocenters. The van der Waals surface area contributed by atoms with Gasteiger partial charge >= 0.3 is 0 Å². The average Bonchev–Trinajstić information content (AvgIpc) is 3.21. The summed E-state index contributed by atoms with van der Waals surface area (Å²) in [5, 5.41) is 11.7. The Labute approximate surface area is 184 Å². The minimum atomic E-state index is -0.607. The lowest BCUT2D eigenvalue weighted by Crippen LogP contribution is -2.33. The van der Waals surface area contributed by atoms with Crippen molar-refractivity contribution < 1.29 is 0 Å². The number of nitriles is 1. The zero-order valence-corrected chi connectivity index (χ0v) is 17.7. The van der Waals surface area contributed by atoms with Gasteiger partial charge in [-0.1, -0.05) is 78.9 Å². The summed E-state index contributed by atoms with van der Waals surface area (Å²) < 4.78 is 0. The topological polar surface area (TPSA) is 42.8 Å². The molecule has 0 saturated carbocycles. The van der Waals surface area contributed by atoms with Crippen molar-refractivity contribution in [1.82, 2.24) is 9.88 Å². The standard InChI is InChI=1S/C28H27N3/c29-21-28(22-10-3-1-4-11-22,23-12-5-2-6-13-23)17-9-18-31-19-16-27-25(20-31)24-14-7-8-15-26(24)30-27/h1-8,10-15,30H,9,16-20H2. The van der Waals surface area contributed by atoms with E-state index >= 15 is 0 Å². The molecule has 31 heavy (non-hydrogen) atoms. The van der Waals surface area contributed by atoms with E-state index in [1.54, 1.807) is 0 Å². The van der Waals surface area contributed by atoms with Crippen molar-refractivity contribution in [1.29, 1.82) is 5.26 Å². The predicted octanol–water partition coefficient (Wildman–Crippen LogP) is 5.82. The van der Waals surface area contributed by atoms with Crippen LogP contribution in [0.1, 0.15) is 35.2 Å². The number of rotatable bonds is 6. The third kappa shape index (κ3) is 3.65. The zero-order chi connectivity index (χ0) is 21.1. The molecular weight excluding hydrogens is 378 g/mol. The van der Waals surface area contributed by atoms with Crippen molar-refractivity contribution in [2.45, 2.75) is 31.2 Å². The van der Waals surface area contributed by atoms with Crippen molar-refractivity contribution in [2.24, 2.45) is 0 Å². The molecule has 0 bridgehead atoms. The van der Waals surface area contributed by atoms with Crippen LogP contribution in [0, 0.1) is 11.3 Å². The quantitative estimate of drug-likeness (QED) is 0.439. The lowest BCUT2D eigenvalue weighted by atomic mass is 9.72. The molecule has 3 aromatic carbocycles. The molecule has 2 heterocycles. The number of fused-ring (bicyclic) bond motifs is 3. The molecule has 3 nitrogen and oxygen atoms in total. The van der Waals surface area contributed by atoms with Gasteiger partial charge in [-0.05, 0) is 42.1 Å². The Morgan fingerprint density at radius 2 is 1.52 bits per heavy atom. The largest absolute Gasteiger partial charge is 0.358 e. The third-order valence-corrected chi connectivity index (χ3v) is 6.71. The number of hydrogen-bond acceptors (Lipinski definition) is 2. The SMILES string of the molecule is N#CC(CCCN1CCc2[nH]c3ccccc3c2C1)(c1ccccc1)c1ccccc1. The van der Waals surface area contributed by atoms with Gasteiger partial charge in [-0.3, -0.25) is 4.90 Å². The number of benzene rings is 3.